The number of benzene rings is 1. The first-order chi connectivity index (χ1) is 8.69. The molecule has 0 aromatic heterocycles. The third-order valence-electron chi connectivity index (χ3n) is 3.40. The maximum atomic E-state index is 6.05. The van der Waals surface area contributed by atoms with Gasteiger partial charge in [-0.1, -0.05) is 29.7 Å². The van der Waals surface area contributed by atoms with Crippen molar-refractivity contribution in [1.82, 2.24) is 0 Å². The molecule has 0 amide bonds. The van der Waals surface area contributed by atoms with Gasteiger partial charge in [0.2, 0.25) is 0 Å². The van der Waals surface area contributed by atoms with Gasteiger partial charge in [-0.2, -0.15) is 0 Å². The van der Waals surface area contributed by atoms with Crippen molar-refractivity contribution in [3.63, 3.8) is 0 Å². The van der Waals surface area contributed by atoms with Gasteiger partial charge in [-0.05, 0) is 49.4 Å². The zero-order valence-electron chi connectivity index (χ0n) is 10.8. The van der Waals surface area contributed by atoms with Crippen molar-refractivity contribution in [3.8, 4) is 5.75 Å². The topological polar surface area (TPSA) is 35.2 Å². The Bertz CT molecular complexity index is 442. The molecule has 0 bridgehead atoms. The maximum Gasteiger partial charge on any atom is 0.122 e. The van der Waals surface area contributed by atoms with Gasteiger partial charge in [0, 0.05) is 11.1 Å². The Labute approximate surface area is 114 Å². The lowest BCUT2D eigenvalue weighted by atomic mass is 10.00. The molecular formula is C15H20ClNO. The van der Waals surface area contributed by atoms with Crippen LogP contribution >= 0.6 is 11.6 Å². The van der Waals surface area contributed by atoms with Gasteiger partial charge in [-0.15, -0.1) is 0 Å². The van der Waals surface area contributed by atoms with E-state index >= 15 is 0 Å². The normalized spacial score (nSPS) is 20.2. The number of rotatable bonds is 3. The van der Waals surface area contributed by atoms with E-state index in [1.54, 1.807) is 7.11 Å². The number of nitrogens with two attached hydrogens (primary N) is 1. The second kappa shape index (κ2) is 6.26. The smallest absolute Gasteiger partial charge is 0.122 e. The van der Waals surface area contributed by atoms with Crippen molar-refractivity contribution >= 4 is 11.6 Å². The van der Waals surface area contributed by atoms with Crippen LogP contribution in [0.4, 0.5) is 0 Å². The van der Waals surface area contributed by atoms with Crippen molar-refractivity contribution in [2.24, 2.45) is 5.73 Å². The summed E-state index contributed by atoms with van der Waals surface area (Å²) in [6.07, 6.45) is 7.76. The van der Waals surface area contributed by atoms with Crippen LogP contribution in [0.5, 0.6) is 5.75 Å². The molecule has 0 fully saturated rings. The van der Waals surface area contributed by atoms with Crippen molar-refractivity contribution in [2.75, 3.05) is 7.11 Å². The fourth-order valence-corrected chi connectivity index (χ4v) is 2.67. The average Bonchev–Trinajstić information content (AvgIpc) is 2.54. The average molecular weight is 266 g/mol. The van der Waals surface area contributed by atoms with Crippen LogP contribution in [0.25, 0.3) is 0 Å². The SMILES string of the molecule is COc1ccc(Cl)cc1CC1=CC(N)CCCC1. The summed E-state index contributed by atoms with van der Waals surface area (Å²) in [4.78, 5) is 0. The van der Waals surface area contributed by atoms with E-state index in [0.717, 1.165) is 35.6 Å². The molecule has 2 N–H and O–H groups in total. The summed E-state index contributed by atoms with van der Waals surface area (Å²) in [6.45, 7) is 0. The van der Waals surface area contributed by atoms with Gasteiger partial charge in [0.05, 0.1) is 7.11 Å². The lowest BCUT2D eigenvalue weighted by Gasteiger charge is -2.11. The zero-order chi connectivity index (χ0) is 13.0. The van der Waals surface area contributed by atoms with Gasteiger partial charge >= 0.3 is 0 Å². The van der Waals surface area contributed by atoms with E-state index in [9.17, 15) is 0 Å². The van der Waals surface area contributed by atoms with Gasteiger partial charge in [-0.3, -0.25) is 0 Å². The first kappa shape index (κ1) is 13.4. The molecule has 98 valence electrons. The Morgan fingerprint density at radius 2 is 2.22 bits per heavy atom. The molecule has 1 aromatic carbocycles. The second-order valence-corrected chi connectivity index (χ2v) is 5.30. The van der Waals surface area contributed by atoms with Crippen LogP contribution in [-0.2, 0) is 6.42 Å². The zero-order valence-corrected chi connectivity index (χ0v) is 11.5. The van der Waals surface area contributed by atoms with Crippen LogP contribution in [0, 0.1) is 0 Å². The van der Waals surface area contributed by atoms with Crippen molar-refractivity contribution in [2.45, 2.75) is 38.1 Å². The summed E-state index contributed by atoms with van der Waals surface area (Å²) in [7, 11) is 1.69. The molecule has 1 unspecified atom stereocenters. The number of hydrogen-bond acceptors (Lipinski definition) is 2. The Hall–Kier alpha value is -0.990. The maximum absolute atomic E-state index is 6.05. The molecule has 1 atom stereocenters. The number of methoxy groups -OCH3 is 1. The van der Waals surface area contributed by atoms with Crippen molar-refractivity contribution in [1.29, 1.82) is 0 Å². The molecule has 1 aliphatic carbocycles. The largest absolute Gasteiger partial charge is 0.496 e. The number of halogens is 1. The molecule has 1 aromatic rings. The van der Waals surface area contributed by atoms with E-state index in [2.05, 4.69) is 6.08 Å². The quantitative estimate of drug-likeness (QED) is 0.846. The van der Waals surface area contributed by atoms with E-state index < -0.39 is 0 Å². The van der Waals surface area contributed by atoms with Crippen LogP contribution in [0.1, 0.15) is 31.2 Å². The third-order valence-corrected chi connectivity index (χ3v) is 3.63. The lowest BCUT2D eigenvalue weighted by Crippen LogP contribution is -2.16. The highest BCUT2D eigenvalue weighted by molar-refractivity contribution is 6.30. The van der Waals surface area contributed by atoms with Gasteiger partial charge in [0.25, 0.3) is 0 Å². The Morgan fingerprint density at radius 1 is 1.39 bits per heavy atom. The highest BCUT2D eigenvalue weighted by Gasteiger charge is 2.11. The summed E-state index contributed by atoms with van der Waals surface area (Å²) in [5, 5.41) is 0.754. The second-order valence-electron chi connectivity index (χ2n) is 4.87. The fraction of sp³-hybridized carbons (Fsp3) is 0.467. The molecule has 2 rings (SSSR count). The Balaban J connectivity index is 2.19. The summed E-state index contributed by atoms with van der Waals surface area (Å²) in [5.74, 6) is 0.901. The molecule has 0 heterocycles. The van der Waals surface area contributed by atoms with Gasteiger partial charge < -0.3 is 10.5 Å². The van der Waals surface area contributed by atoms with Crippen LogP contribution < -0.4 is 10.5 Å². The molecule has 0 spiro atoms. The molecule has 1 aliphatic rings. The fourth-order valence-electron chi connectivity index (χ4n) is 2.48. The van der Waals surface area contributed by atoms with Crippen LogP contribution in [0.3, 0.4) is 0 Å². The molecule has 2 nitrogen and oxygen atoms in total. The van der Waals surface area contributed by atoms with E-state index in [1.165, 1.54) is 18.4 Å². The van der Waals surface area contributed by atoms with Gasteiger partial charge in [0.15, 0.2) is 0 Å². The van der Waals surface area contributed by atoms with E-state index in [1.807, 2.05) is 18.2 Å². The van der Waals surface area contributed by atoms with Crippen LogP contribution in [-0.4, -0.2) is 13.2 Å². The minimum Gasteiger partial charge on any atom is -0.496 e. The molecule has 0 saturated heterocycles. The van der Waals surface area contributed by atoms with Gasteiger partial charge in [0.1, 0.15) is 5.75 Å². The minimum absolute atomic E-state index is 0.202. The van der Waals surface area contributed by atoms with Gasteiger partial charge in [-0.25, -0.2) is 0 Å². The highest BCUT2D eigenvalue weighted by atomic mass is 35.5. The third kappa shape index (κ3) is 3.50. The van der Waals surface area contributed by atoms with Crippen molar-refractivity contribution < 1.29 is 4.74 Å². The molecule has 0 radical (unpaired) electrons. The van der Waals surface area contributed by atoms with E-state index in [-0.39, 0.29) is 6.04 Å². The first-order valence-electron chi connectivity index (χ1n) is 6.46. The summed E-state index contributed by atoms with van der Waals surface area (Å²) >= 11 is 6.05. The summed E-state index contributed by atoms with van der Waals surface area (Å²) in [5.41, 5.74) is 8.59. The van der Waals surface area contributed by atoms with E-state index in [4.69, 9.17) is 22.1 Å². The molecule has 18 heavy (non-hydrogen) atoms. The van der Waals surface area contributed by atoms with Crippen LogP contribution in [0.2, 0.25) is 5.02 Å². The van der Waals surface area contributed by atoms with E-state index in [0.29, 0.717) is 0 Å². The Morgan fingerprint density at radius 3 is 3.00 bits per heavy atom. The first-order valence-corrected chi connectivity index (χ1v) is 6.84. The number of allylic oxidation sites excluding steroid dienone is 1. The summed E-state index contributed by atoms with van der Waals surface area (Å²) < 4.78 is 5.38. The predicted octanol–water partition coefficient (Wildman–Crippen LogP) is 3.72. The lowest BCUT2D eigenvalue weighted by molar-refractivity contribution is 0.410. The molecular weight excluding hydrogens is 246 g/mol. The van der Waals surface area contributed by atoms with Crippen molar-refractivity contribution in [3.05, 3.63) is 40.4 Å². The molecule has 0 saturated carbocycles. The van der Waals surface area contributed by atoms with Crippen LogP contribution in [0.15, 0.2) is 29.8 Å². The standard InChI is InChI=1S/C15H20ClNO/c1-18-15-7-6-13(16)10-12(15)8-11-4-2-3-5-14(17)9-11/h6-7,9-10,14H,2-5,8,17H2,1H3. The highest BCUT2D eigenvalue weighted by Crippen LogP contribution is 2.28. The molecule has 0 aliphatic heterocycles. The minimum atomic E-state index is 0.202. The monoisotopic (exact) mass is 265 g/mol. The Kier molecular flexibility index (Phi) is 4.67. The number of hydrogen-bond donors (Lipinski definition) is 1. The number of ether oxygens (including phenoxy) is 1. The summed E-state index contributed by atoms with van der Waals surface area (Å²) in [6, 6.07) is 5.97. The molecule has 3 heteroatoms. The predicted molar refractivity (Wildman–Crippen MR) is 76.2 cm³/mol.